The molecule has 0 spiro atoms. The number of nitrogens with one attached hydrogen (secondary N) is 3. The molecular formula is C17H34N7O8P. The molecule has 0 aliphatic heterocycles. The van der Waals surface area contributed by atoms with Gasteiger partial charge in [-0.25, -0.2) is 4.57 Å². The largest absolute Gasteiger partial charge is 0.469 e. The van der Waals surface area contributed by atoms with Crippen LogP contribution in [0.5, 0.6) is 0 Å². The molecule has 0 rings (SSSR count). The van der Waals surface area contributed by atoms with Gasteiger partial charge in [0.15, 0.2) is 5.96 Å². The molecule has 0 aromatic rings. The van der Waals surface area contributed by atoms with Gasteiger partial charge in [-0.1, -0.05) is 13.8 Å². The van der Waals surface area contributed by atoms with Gasteiger partial charge >= 0.3 is 7.82 Å². The third kappa shape index (κ3) is 13.5. The van der Waals surface area contributed by atoms with Crippen LogP contribution in [0.25, 0.3) is 0 Å². The number of phosphoric ester groups is 1. The molecule has 16 heteroatoms. The maximum atomic E-state index is 12.5. The Morgan fingerprint density at radius 1 is 1.06 bits per heavy atom. The number of aldehydes is 1. The number of nitrogens with zero attached hydrogens (tertiary/aromatic N) is 1. The van der Waals surface area contributed by atoms with Gasteiger partial charge in [0.1, 0.15) is 18.4 Å². The number of hydrogen-bond donors (Lipinski definition) is 8. The molecule has 4 atom stereocenters. The monoisotopic (exact) mass is 495 g/mol. The number of carbonyl (C=O) groups excluding carboxylic acids is 4. The fourth-order valence-electron chi connectivity index (χ4n) is 2.31. The average molecular weight is 495 g/mol. The van der Waals surface area contributed by atoms with Gasteiger partial charge in [-0.15, -0.1) is 0 Å². The van der Waals surface area contributed by atoms with Crippen molar-refractivity contribution in [2.75, 3.05) is 13.2 Å². The zero-order valence-corrected chi connectivity index (χ0v) is 19.7. The first-order valence-electron chi connectivity index (χ1n) is 10.0. The van der Waals surface area contributed by atoms with Gasteiger partial charge < -0.3 is 47.7 Å². The SMILES string of the molecule is CC(C)[C@H](N)C(=O)N[C@@H](COP(=O)(O)O)C(=O)N[C@@H](C)C(=O)N[C@H](C=O)CCCN=C(N)N. The molecule has 190 valence electrons. The summed E-state index contributed by atoms with van der Waals surface area (Å²) in [7, 11) is -4.95. The molecule has 15 nitrogen and oxygen atoms in total. The van der Waals surface area contributed by atoms with E-state index in [-0.39, 0.29) is 24.8 Å². The summed E-state index contributed by atoms with van der Waals surface area (Å²) in [6, 6.07) is -4.57. The van der Waals surface area contributed by atoms with Crippen molar-refractivity contribution in [1.82, 2.24) is 16.0 Å². The van der Waals surface area contributed by atoms with E-state index in [4.69, 9.17) is 27.0 Å². The summed E-state index contributed by atoms with van der Waals surface area (Å²) in [4.78, 5) is 69.8. The van der Waals surface area contributed by atoms with Crippen molar-refractivity contribution in [2.45, 2.75) is 57.8 Å². The summed E-state index contributed by atoms with van der Waals surface area (Å²) in [5, 5.41) is 6.97. The van der Waals surface area contributed by atoms with Crippen molar-refractivity contribution < 1.29 is 38.1 Å². The standard InChI is InChI=1S/C17H34N7O8P/c1-9(2)13(18)16(28)24-12(8-32-33(29,30)31)15(27)22-10(3)14(26)23-11(7-25)5-4-6-21-17(19)20/h7,9-13H,4-6,8,18H2,1-3H3,(H,22,27)(H,23,26)(H,24,28)(H4,19,20,21)(H2,29,30,31)/t10-,11-,12-,13-/m0/s1. The van der Waals surface area contributed by atoms with E-state index in [2.05, 4.69) is 25.5 Å². The van der Waals surface area contributed by atoms with Crippen LogP contribution in [0.2, 0.25) is 0 Å². The van der Waals surface area contributed by atoms with Crippen molar-refractivity contribution in [2.24, 2.45) is 28.1 Å². The van der Waals surface area contributed by atoms with Crippen LogP contribution < -0.4 is 33.2 Å². The zero-order valence-electron chi connectivity index (χ0n) is 18.8. The van der Waals surface area contributed by atoms with Crippen molar-refractivity contribution >= 4 is 37.8 Å². The molecule has 0 saturated carbocycles. The second-order valence-electron chi connectivity index (χ2n) is 7.55. The maximum Gasteiger partial charge on any atom is 0.469 e. The smallest absolute Gasteiger partial charge is 0.370 e. The van der Waals surface area contributed by atoms with E-state index >= 15 is 0 Å². The lowest BCUT2D eigenvalue weighted by molar-refractivity contribution is -0.133. The molecule has 0 aromatic carbocycles. The van der Waals surface area contributed by atoms with Crippen LogP contribution >= 0.6 is 7.82 Å². The molecule has 3 amide bonds. The van der Waals surface area contributed by atoms with E-state index in [9.17, 15) is 23.7 Å². The average Bonchev–Trinajstić information content (AvgIpc) is 2.70. The highest BCUT2D eigenvalue weighted by atomic mass is 31.2. The van der Waals surface area contributed by atoms with E-state index in [1.165, 1.54) is 6.92 Å². The molecule has 0 bridgehead atoms. The van der Waals surface area contributed by atoms with Crippen molar-refractivity contribution in [3.05, 3.63) is 0 Å². The zero-order chi connectivity index (χ0) is 25.8. The van der Waals surface area contributed by atoms with Crippen LogP contribution in [0.1, 0.15) is 33.6 Å². The predicted octanol–water partition coefficient (Wildman–Crippen LogP) is -3.19. The Hall–Kier alpha value is -2.58. The lowest BCUT2D eigenvalue weighted by Crippen LogP contribution is -2.57. The Bertz CT molecular complexity index is 754. The van der Waals surface area contributed by atoms with Crippen LogP contribution in [0.3, 0.4) is 0 Å². The van der Waals surface area contributed by atoms with Crippen LogP contribution in [0, 0.1) is 5.92 Å². The Balaban J connectivity index is 5.06. The molecule has 33 heavy (non-hydrogen) atoms. The van der Waals surface area contributed by atoms with Crippen molar-refractivity contribution in [3.8, 4) is 0 Å². The van der Waals surface area contributed by atoms with E-state index in [0.717, 1.165) is 0 Å². The fraction of sp³-hybridized carbons (Fsp3) is 0.706. The highest BCUT2D eigenvalue weighted by Crippen LogP contribution is 2.35. The summed E-state index contributed by atoms with van der Waals surface area (Å²) in [6.45, 7) is 4.03. The third-order valence-corrected chi connectivity index (χ3v) is 4.76. The highest BCUT2D eigenvalue weighted by molar-refractivity contribution is 7.46. The van der Waals surface area contributed by atoms with Gasteiger partial charge in [0.25, 0.3) is 0 Å². The first kappa shape index (κ1) is 30.4. The number of guanidine groups is 1. The molecule has 0 radical (unpaired) electrons. The summed E-state index contributed by atoms with van der Waals surface area (Å²) in [5.74, 6) is -2.79. The predicted molar refractivity (Wildman–Crippen MR) is 118 cm³/mol. The topological polar surface area (TPSA) is 262 Å². The minimum Gasteiger partial charge on any atom is -0.370 e. The molecule has 0 aliphatic carbocycles. The molecule has 0 aliphatic rings. The Kier molecular flexibility index (Phi) is 13.4. The molecule has 0 heterocycles. The first-order valence-corrected chi connectivity index (χ1v) is 11.6. The van der Waals surface area contributed by atoms with Crippen molar-refractivity contribution in [1.29, 1.82) is 0 Å². The maximum absolute atomic E-state index is 12.5. The van der Waals surface area contributed by atoms with Crippen molar-refractivity contribution in [3.63, 3.8) is 0 Å². The summed E-state index contributed by atoms with van der Waals surface area (Å²) in [5.41, 5.74) is 16.1. The molecule has 0 saturated heterocycles. The van der Waals surface area contributed by atoms with Gasteiger partial charge in [0.05, 0.1) is 18.7 Å². The third-order valence-electron chi connectivity index (χ3n) is 4.27. The molecular weight excluding hydrogens is 461 g/mol. The summed E-state index contributed by atoms with van der Waals surface area (Å²) >= 11 is 0. The number of rotatable bonds is 15. The lowest BCUT2D eigenvalue weighted by atomic mass is 10.0. The lowest BCUT2D eigenvalue weighted by Gasteiger charge is -2.24. The normalized spacial score (nSPS) is 15.0. The number of amides is 3. The minimum absolute atomic E-state index is 0.100. The van der Waals surface area contributed by atoms with Gasteiger partial charge in [-0.05, 0) is 25.7 Å². The van der Waals surface area contributed by atoms with E-state index in [0.29, 0.717) is 12.7 Å². The quantitative estimate of drug-likeness (QED) is 0.0369. The van der Waals surface area contributed by atoms with Crippen LogP contribution in [-0.2, 0) is 28.3 Å². The second-order valence-corrected chi connectivity index (χ2v) is 8.79. The van der Waals surface area contributed by atoms with Gasteiger partial charge in [0, 0.05) is 6.54 Å². The number of nitrogens with two attached hydrogens (primary N) is 3. The fourth-order valence-corrected chi connectivity index (χ4v) is 2.65. The number of aliphatic imine (C=N–C) groups is 1. The highest BCUT2D eigenvalue weighted by Gasteiger charge is 2.30. The molecule has 0 unspecified atom stereocenters. The van der Waals surface area contributed by atoms with Crippen LogP contribution in [-0.4, -0.2) is 77.1 Å². The number of carbonyl (C=O) groups is 4. The van der Waals surface area contributed by atoms with E-state index in [1.54, 1.807) is 13.8 Å². The van der Waals surface area contributed by atoms with Crippen LogP contribution in [0.15, 0.2) is 4.99 Å². The second kappa shape index (κ2) is 14.5. The van der Waals surface area contributed by atoms with E-state index < -0.39 is 56.3 Å². The van der Waals surface area contributed by atoms with Crippen LogP contribution in [0.4, 0.5) is 0 Å². The number of hydrogen-bond acceptors (Lipinski definition) is 8. The Labute approximate surface area is 191 Å². The molecule has 11 N–H and O–H groups in total. The Morgan fingerprint density at radius 3 is 2.15 bits per heavy atom. The van der Waals surface area contributed by atoms with Gasteiger partial charge in [-0.2, -0.15) is 0 Å². The minimum atomic E-state index is -4.95. The van der Waals surface area contributed by atoms with Gasteiger partial charge in [0.2, 0.25) is 17.7 Å². The molecule has 0 aromatic heterocycles. The molecule has 0 fully saturated rings. The number of phosphoric acid groups is 1. The summed E-state index contributed by atoms with van der Waals surface area (Å²) in [6.07, 6.45) is 1.17. The summed E-state index contributed by atoms with van der Waals surface area (Å²) < 4.78 is 15.3. The van der Waals surface area contributed by atoms with Gasteiger partial charge in [-0.3, -0.25) is 23.9 Å². The Morgan fingerprint density at radius 2 is 1.67 bits per heavy atom. The first-order chi connectivity index (χ1) is 15.2. The van der Waals surface area contributed by atoms with E-state index in [1.807, 2.05) is 0 Å².